The standard InChI is InChI=1S/C112H95N5/c1-109(2,3)78-56-58-105-97(62-78)99-68-81(112(10,11)12)67-98-96-61-76(55-57-104(96)117(105)108(98)99)77-59-86(113(82-43-33-45-84(69-82)115-100-51-29-25-47-88(100)89-48-26-30-52-101(89)115)106-92(72-35-17-13-18-36-72)63-79(110(4,5)6)64-93(106)73-37-19-14-20-38-73)71-87(60-77)114(83-44-34-46-85(70-83)116-102-53-31-27-49-90(102)91-50-28-32-54-103(91)116)107-94(74-39-21-15-22-40-74)65-80(111(7,8)9)66-95(107)75-41-23-16-24-42-75/h13-71H,1-12H3/i25D,26D,27D,28D,29D,30D,31D,32D,47D,48D,49D,50D,51D,52D,53D,54D. The fourth-order valence-electron chi connectivity index (χ4n) is 17.3. The van der Waals surface area contributed by atoms with Crippen LogP contribution in [0, 0.1) is 0 Å². The molecule has 0 saturated carbocycles. The molecule has 5 nitrogen and oxygen atoms in total. The molecule has 0 radical (unpaired) electrons. The van der Waals surface area contributed by atoms with Crippen molar-refractivity contribution >= 4 is 116 Å². The van der Waals surface area contributed by atoms with Gasteiger partial charge in [-0.1, -0.05) is 301 Å². The van der Waals surface area contributed by atoms with E-state index in [0.717, 1.165) is 105 Å². The third-order valence-electron chi connectivity index (χ3n) is 23.4. The van der Waals surface area contributed by atoms with E-state index in [-0.39, 0.29) is 54.4 Å². The summed E-state index contributed by atoms with van der Waals surface area (Å²) in [6, 6.07) is 81.9. The summed E-state index contributed by atoms with van der Waals surface area (Å²) >= 11 is 0. The van der Waals surface area contributed by atoms with E-state index in [1.165, 1.54) is 11.1 Å². The van der Waals surface area contributed by atoms with E-state index in [9.17, 15) is 16.4 Å². The number of para-hydroxylation sites is 4. The van der Waals surface area contributed by atoms with Gasteiger partial charge in [-0.3, -0.25) is 0 Å². The fourth-order valence-corrected chi connectivity index (χ4v) is 17.3. The molecule has 20 aromatic rings. The molecule has 0 atom stereocenters. The Hall–Kier alpha value is -13.5. The molecule has 20 rings (SSSR count). The second kappa shape index (κ2) is 27.6. The molecular formula is C112H95N5. The van der Waals surface area contributed by atoms with Crippen LogP contribution >= 0.6 is 0 Å². The van der Waals surface area contributed by atoms with Gasteiger partial charge in [0.15, 0.2) is 0 Å². The molecule has 0 amide bonds. The number of fused-ring (bicyclic) bond motifs is 12. The van der Waals surface area contributed by atoms with Crippen LogP contribution in [0.25, 0.3) is 149 Å². The van der Waals surface area contributed by atoms with Crippen LogP contribution in [0.15, 0.2) is 358 Å². The molecule has 0 N–H and O–H groups in total. The predicted octanol–water partition coefficient (Wildman–Crippen LogP) is 31.5. The van der Waals surface area contributed by atoms with Crippen molar-refractivity contribution in [3.63, 3.8) is 0 Å². The Morgan fingerprint density at radius 2 is 0.556 bits per heavy atom. The van der Waals surface area contributed by atoms with Gasteiger partial charge in [-0.2, -0.15) is 0 Å². The lowest BCUT2D eigenvalue weighted by atomic mass is 9.81. The van der Waals surface area contributed by atoms with E-state index in [0.29, 0.717) is 45.5 Å². The fraction of sp³-hybridized carbons (Fsp3) is 0.143. The molecule has 0 bridgehead atoms. The summed E-state index contributed by atoms with van der Waals surface area (Å²) in [5, 5.41) is 4.08. The van der Waals surface area contributed by atoms with Gasteiger partial charge in [0.2, 0.25) is 0 Å². The Morgan fingerprint density at radius 3 is 0.915 bits per heavy atom. The molecule has 4 aromatic heterocycles. The molecule has 117 heavy (non-hydrogen) atoms. The number of anilines is 6. The van der Waals surface area contributed by atoms with Gasteiger partial charge in [0, 0.05) is 99.5 Å². The van der Waals surface area contributed by atoms with Gasteiger partial charge in [0.1, 0.15) is 0 Å². The largest absolute Gasteiger partial charge is 0.309 e. The van der Waals surface area contributed by atoms with Crippen molar-refractivity contribution < 1.29 is 21.9 Å². The van der Waals surface area contributed by atoms with E-state index in [1.54, 1.807) is 21.3 Å². The smallest absolute Gasteiger partial charge is 0.0645 e. The summed E-state index contributed by atoms with van der Waals surface area (Å²) < 4.78 is 158. The maximum atomic E-state index is 9.91. The van der Waals surface area contributed by atoms with Gasteiger partial charge in [-0.25, -0.2) is 0 Å². The van der Waals surface area contributed by atoms with Crippen LogP contribution in [0.5, 0.6) is 0 Å². The molecule has 4 heterocycles. The maximum Gasteiger partial charge on any atom is 0.0645 e. The summed E-state index contributed by atoms with van der Waals surface area (Å²) in [6.07, 6.45) is 0. The number of benzene rings is 16. The Kier molecular flexibility index (Phi) is 13.4. The number of nitrogens with zero attached hydrogens (tertiary/aromatic N) is 5. The average molecular weight is 1530 g/mol. The lowest BCUT2D eigenvalue weighted by Crippen LogP contribution is -2.18. The Balaban J connectivity index is 0.998. The van der Waals surface area contributed by atoms with Crippen molar-refractivity contribution in [2.24, 2.45) is 0 Å². The number of aromatic nitrogens is 3. The van der Waals surface area contributed by atoms with Crippen molar-refractivity contribution in [1.29, 1.82) is 0 Å². The van der Waals surface area contributed by atoms with Crippen LogP contribution in [0.2, 0.25) is 0 Å². The summed E-state index contributed by atoms with van der Waals surface area (Å²) in [6.45, 7) is 26.7. The second-order valence-electron chi connectivity index (χ2n) is 35.0. The molecule has 0 saturated heterocycles. The topological polar surface area (TPSA) is 20.8 Å². The number of hydrogen-bond acceptors (Lipinski definition) is 2. The molecule has 0 spiro atoms. The zero-order chi connectivity index (χ0) is 93.9. The number of rotatable bonds is 13. The highest BCUT2D eigenvalue weighted by molar-refractivity contribution is 6.24. The van der Waals surface area contributed by atoms with E-state index in [4.69, 9.17) is 5.48 Å². The average Bonchev–Trinajstić information content (AvgIpc) is 1.54. The van der Waals surface area contributed by atoms with Gasteiger partial charge in [-0.15, -0.1) is 0 Å². The highest BCUT2D eigenvalue weighted by Gasteiger charge is 2.33. The van der Waals surface area contributed by atoms with Gasteiger partial charge in [0.25, 0.3) is 0 Å². The van der Waals surface area contributed by atoms with Gasteiger partial charge in [0.05, 0.1) is 71.9 Å². The summed E-state index contributed by atoms with van der Waals surface area (Å²) in [4.78, 5) is 4.48. The minimum Gasteiger partial charge on any atom is -0.309 e. The van der Waals surface area contributed by atoms with E-state index >= 15 is 0 Å². The van der Waals surface area contributed by atoms with Crippen LogP contribution in [0.3, 0.4) is 0 Å². The number of hydrogen-bond donors (Lipinski definition) is 0. The first-order valence-corrected chi connectivity index (χ1v) is 40.1. The minimum absolute atomic E-state index is 0.0535. The first-order valence-electron chi connectivity index (χ1n) is 48.1. The second-order valence-corrected chi connectivity index (χ2v) is 35.0. The Bertz CT molecular complexity index is 7650. The van der Waals surface area contributed by atoms with E-state index in [1.807, 2.05) is 109 Å². The van der Waals surface area contributed by atoms with Crippen LogP contribution < -0.4 is 9.80 Å². The summed E-state index contributed by atoms with van der Waals surface area (Å²) in [7, 11) is 0. The van der Waals surface area contributed by atoms with Crippen molar-refractivity contribution in [1.82, 2.24) is 13.5 Å². The minimum atomic E-state index is -0.566. The molecule has 0 unspecified atom stereocenters. The van der Waals surface area contributed by atoms with Crippen molar-refractivity contribution in [2.45, 2.75) is 105 Å². The summed E-state index contributed by atoms with van der Waals surface area (Å²) in [5.74, 6) is 0. The van der Waals surface area contributed by atoms with Crippen LogP contribution in [0.4, 0.5) is 34.1 Å². The van der Waals surface area contributed by atoms with Crippen LogP contribution in [-0.2, 0) is 21.7 Å². The molecule has 0 aliphatic heterocycles. The molecule has 16 aromatic carbocycles. The van der Waals surface area contributed by atoms with Crippen molar-refractivity contribution in [3.8, 4) is 67.0 Å². The van der Waals surface area contributed by atoms with Crippen molar-refractivity contribution in [2.75, 3.05) is 9.80 Å². The van der Waals surface area contributed by atoms with E-state index in [2.05, 4.69) is 237 Å². The molecule has 0 aliphatic rings. The monoisotopic (exact) mass is 1530 g/mol. The quantitative estimate of drug-likeness (QED) is 0.115. The molecule has 5 heteroatoms. The van der Waals surface area contributed by atoms with Crippen LogP contribution in [-0.4, -0.2) is 13.5 Å². The predicted molar refractivity (Wildman–Crippen MR) is 501 cm³/mol. The van der Waals surface area contributed by atoms with Gasteiger partial charge < -0.3 is 23.3 Å². The lowest BCUT2D eigenvalue weighted by molar-refractivity contribution is 0.590. The highest BCUT2D eigenvalue weighted by Crippen LogP contribution is 2.56. The first kappa shape index (κ1) is 56.7. The summed E-state index contributed by atoms with van der Waals surface area (Å²) in [5.41, 5.74) is 18.4. The lowest BCUT2D eigenvalue weighted by Gasteiger charge is -2.35. The van der Waals surface area contributed by atoms with Crippen LogP contribution in [0.1, 0.15) is 127 Å². The van der Waals surface area contributed by atoms with Gasteiger partial charge in [-0.05, 0) is 217 Å². The first-order chi connectivity index (χ1) is 63.2. The third-order valence-corrected chi connectivity index (χ3v) is 23.4. The third kappa shape index (κ3) is 12.4. The zero-order valence-electron chi connectivity index (χ0n) is 83.6. The normalized spacial score (nSPS) is 14.4. The molecule has 568 valence electrons. The van der Waals surface area contributed by atoms with E-state index < -0.39 is 108 Å². The van der Waals surface area contributed by atoms with Gasteiger partial charge >= 0.3 is 0 Å². The Morgan fingerprint density at radius 1 is 0.231 bits per heavy atom. The Labute approximate surface area is 709 Å². The SMILES string of the molecule is [2H]c1c([2H])c([2H])c2c(c1[2H])c1c([2H])c([2H])c([2H])c([2H])c1n2-c1cccc(N(c2cc(-c3ccc4c(c3)c3cc(C(C)(C)C)cc5c6cc(C(C)(C)C)ccc6n4c35)cc(N(c3cccc(-n4c5c([2H])c([2H])c([2H])c([2H])c5c5c([2H])c([2H])c([2H])c([2H])c54)c3)c3c(-c4ccccc4)cc(C(C)(C)C)cc3-c3ccccc3)c2)c2c(-c3ccccc3)cc(C(C)(C)C)cc2-c2ccccc2)c1. The molecule has 0 fully saturated rings. The molecular weight excluding hydrogens is 1420 g/mol. The maximum absolute atomic E-state index is 9.91. The molecule has 0 aliphatic carbocycles. The van der Waals surface area contributed by atoms with Crippen molar-refractivity contribution in [3.05, 3.63) is 380 Å². The highest BCUT2D eigenvalue weighted by atomic mass is 15.2. The zero-order valence-corrected chi connectivity index (χ0v) is 67.6.